The molecule has 72 valence electrons. The van der Waals surface area contributed by atoms with Crippen molar-refractivity contribution in [3.8, 4) is 0 Å². The van der Waals surface area contributed by atoms with Crippen molar-refractivity contribution in [1.82, 2.24) is 4.98 Å². The highest BCUT2D eigenvalue weighted by Crippen LogP contribution is 2.47. The number of hydrogen-bond acceptors (Lipinski definition) is 4. The lowest BCUT2D eigenvalue weighted by Crippen LogP contribution is -2.17. The highest BCUT2D eigenvalue weighted by molar-refractivity contribution is 8.00. The van der Waals surface area contributed by atoms with Gasteiger partial charge in [-0.2, -0.15) is 11.8 Å². The number of halogens is 1. The third-order valence-corrected chi connectivity index (χ3v) is 4.77. The second-order valence-corrected chi connectivity index (χ2v) is 6.15. The number of thioether (sulfide) groups is 1. The van der Waals surface area contributed by atoms with Crippen LogP contribution in [0, 0.1) is 0 Å². The Hall–Kier alpha value is 0.0700. The summed E-state index contributed by atoms with van der Waals surface area (Å²) in [6, 6.07) is 0. The van der Waals surface area contributed by atoms with Crippen LogP contribution in [0.2, 0.25) is 4.34 Å². The van der Waals surface area contributed by atoms with Gasteiger partial charge in [0.2, 0.25) is 0 Å². The van der Waals surface area contributed by atoms with Gasteiger partial charge in [0.05, 0.1) is 6.20 Å². The largest absolute Gasteiger partial charge is 0.360 e. The molecule has 0 atom stereocenters. The monoisotopic (exact) mass is 234 g/mol. The molecule has 2 rings (SSSR count). The molecule has 0 aliphatic heterocycles. The molecule has 1 N–H and O–H groups in total. The predicted octanol–water partition coefficient (Wildman–Crippen LogP) is 3.10. The Morgan fingerprint density at radius 3 is 3.00 bits per heavy atom. The molecule has 0 bridgehead atoms. The van der Waals surface area contributed by atoms with Crippen molar-refractivity contribution in [2.45, 2.75) is 17.6 Å². The molecule has 0 amide bonds. The normalized spacial score (nSPS) is 18.6. The predicted molar refractivity (Wildman–Crippen MR) is 61.1 cm³/mol. The van der Waals surface area contributed by atoms with E-state index in [0.717, 1.165) is 16.0 Å². The molecule has 1 heterocycles. The smallest absolute Gasteiger partial charge is 0.184 e. The van der Waals surface area contributed by atoms with Crippen LogP contribution in [-0.2, 0) is 0 Å². The number of nitrogens with one attached hydrogen (secondary N) is 1. The Labute approximate surface area is 91.1 Å². The molecule has 0 unspecified atom stereocenters. The van der Waals surface area contributed by atoms with E-state index in [1.165, 1.54) is 24.2 Å². The third kappa shape index (κ3) is 2.30. The number of anilines is 1. The van der Waals surface area contributed by atoms with Gasteiger partial charge in [-0.05, 0) is 19.1 Å². The highest BCUT2D eigenvalue weighted by atomic mass is 35.5. The lowest BCUT2D eigenvalue weighted by atomic mass is 10.4. The zero-order valence-electron chi connectivity index (χ0n) is 7.34. The molecule has 1 fully saturated rings. The number of nitrogens with zero attached hydrogens (tertiary/aromatic N) is 1. The Balaban J connectivity index is 1.86. The first-order chi connectivity index (χ1) is 6.24. The van der Waals surface area contributed by atoms with Crippen molar-refractivity contribution in [2.75, 3.05) is 18.1 Å². The van der Waals surface area contributed by atoms with Gasteiger partial charge in [0.25, 0.3) is 0 Å². The molecule has 1 aliphatic rings. The average molecular weight is 235 g/mol. The maximum absolute atomic E-state index is 5.77. The van der Waals surface area contributed by atoms with Crippen molar-refractivity contribution >= 4 is 39.8 Å². The fraction of sp³-hybridized carbons (Fsp3) is 0.625. The van der Waals surface area contributed by atoms with E-state index in [1.807, 2.05) is 11.8 Å². The molecule has 13 heavy (non-hydrogen) atoms. The number of thiazole rings is 1. The molecular weight excluding hydrogens is 224 g/mol. The molecular formula is C8H11ClN2S2. The first kappa shape index (κ1) is 9.62. The lowest BCUT2D eigenvalue weighted by molar-refractivity contribution is 0.946. The quantitative estimate of drug-likeness (QED) is 0.867. The van der Waals surface area contributed by atoms with Crippen LogP contribution in [-0.4, -0.2) is 22.5 Å². The minimum Gasteiger partial charge on any atom is -0.360 e. The molecule has 1 saturated carbocycles. The van der Waals surface area contributed by atoms with Crippen LogP contribution in [0.1, 0.15) is 12.8 Å². The van der Waals surface area contributed by atoms with Crippen LogP contribution >= 0.6 is 34.7 Å². The maximum atomic E-state index is 5.77. The molecule has 0 spiro atoms. The van der Waals surface area contributed by atoms with Gasteiger partial charge in [-0.15, -0.1) is 0 Å². The molecule has 2 nitrogen and oxygen atoms in total. The Kier molecular flexibility index (Phi) is 2.72. The standard InChI is InChI=1S/C8H11ClN2S2/c1-12-8(2-3-8)5-11-7-10-4-6(9)13-7/h4H,2-3,5H2,1H3,(H,10,11). The topological polar surface area (TPSA) is 24.9 Å². The maximum Gasteiger partial charge on any atom is 0.184 e. The van der Waals surface area contributed by atoms with E-state index in [0.29, 0.717) is 4.75 Å². The van der Waals surface area contributed by atoms with E-state index in [-0.39, 0.29) is 0 Å². The van der Waals surface area contributed by atoms with Gasteiger partial charge in [-0.3, -0.25) is 0 Å². The average Bonchev–Trinajstić information content (AvgIpc) is 2.81. The lowest BCUT2D eigenvalue weighted by Gasteiger charge is -2.11. The molecule has 5 heteroatoms. The number of hydrogen-bond donors (Lipinski definition) is 1. The van der Waals surface area contributed by atoms with Crippen molar-refractivity contribution in [2.24, 2.45) is 0 Å². The summed E-state index contributed by atoms with van der Waals surface area (Å²) in [5, 5.41) is 4.26. The van der Waals surface area contributed by atoms with Crippen LogP contribution in [0.25, 0.3) is 0 Å². The fourth-order valence-corrected chi connectivity index (χ4v) is 2.70. The number of aromatic nitrogens is 1. The van der Waals surface area contributed by atoms with Gasteiger partial charge in [-0.25, -0.2) is 4.98 Å². The SMILES string of the molecule is CSC1(CNc2ncc(Cl)s2)CC1. The minimum atomic E-state index is 0.484. The molecule has 1 aliphatic carbocycles. The summed E-state index contributed by atoms with van der Waals surface area (Å²) >= 11 is 9.22. The van der Waals surface area contributed by atoms with Gasteiger partial charge >= 0.3 is 0 Å². The van der Waals surface area contributed by atoms with Crippen LogP contribution in [0.4, 0.5) is 5.13 Å². The first-order valence-electron chi connectivity index (χ1n) is 4.14. The zero-order valence-corrected chi connectivity index (χ0v) is 9.73. The molecule has 0 saturated heterocycles. The van der Waals surface area contributed by atoms with E-state index in [4.69, 9.17) is 11.6 Å². The van der Waals surface area contributed by atoms with Crippen LogP contribution in [0.3, 0.4) is 0 Å². The Morgan fingerprint density at radius 2 is 2.54 bits per heavy atom. The summed E-state index contributed by atoms with van der Waals surface area (Å²) in [5.74, 6) is 0. The van der Waals surface area contributed by atoms with Crippen molar-refractivity contribution < 1.29 is 0 Å². The molecule has 0 aromatic carbocycles. The third-order valence-electron chi connectivity index (χ3n) is 2.28. The van der Waals surface area contributed by atoms with Crippen LogP contribution in [0.5, 0.6) is 0 Å². The number of rotatable bonds is 4. The first-order valence-corrected chi connectivity index (χ1v) is 6.56. The fourth-order valence-electron chi connectivity index (χ4n) is 1.17. The van der Waals surface area contributed by atoms with E-state index >= 15 is 0 Å². The van der Waals surface area contributed by atoms with E-state index in [9.17, 15) is 0 Å². The molecule has 0 radical (unpaired) electrons. The summed E-state index contributed by atoms with van der Waals surface area (Å²) < 4.78 is 1.23. The van der Waals surface area contributed by atoms with Gasteiger partial charge in [0.1, 0.15) is 4.34 Å². The Morgan fingerprint density at radius 1 is 1.77 bits per heavy atom. The second kappa shape index (κ2) is 3.67. The van der Waals surface area contributed by atoms with Gasteiger partial charge in [0.15, 0.2) is 5.13 Å². The van der Waals surface area contributed by atoms with Gasteiger partial charge < -0.3 is 5.32 Å². The highest BCUT2D eigenvalue weighted by Gasteiger charge is 2.41. The second-order valence-electron chi connectivity index (χ2n) is 3.21. The molecule has 1 aromatic heterocycles. The summed E-state index contributed by atoms with van der Waals surface area (Å²) in [6.45, 7) is 1.01. The minimum absolute atomic E-state index is 0.484. The van der Waals surface area contributed by atoms with E-state index < -0.39 is 0 Å². The van der Waals surface area contributed by atoms with Gasteiger partial charge in [0, 0.05) is 11.3 Å². The van der Waals surface area contributed by atoms with Crippen LogP contribution < -0.4 is 5.32 Å². The van der Waals surface area contributed by atoms with Crippen LogP contribution in [0.15, 0.2) is 6.20 Å². The van der Waals surface area contributed by atoms with Gasteiger partial charge in [-0.1, -0.05) is 22.9 Å². The summed E-state index contributed by atoms with van der Waals surface area (Å²) in [5.41, 5.74) is 0. The van der Waals surface area contributed by atoms with Crippen molar-refractivity contribution in [1.29, 1.82) is 0 Å². The Bertz CT molecular complexity index is 296. The summed E-state index contributed by atoms with van der Waals surface area (Å²) in [4.78, 5) is 4.15. The van der Waals surface area contributed by atoms with Crippen molar-refractivity contribution in [3.63, 3.8) is 0 Å². The summed E-state index contributed by atoms with van der Waals surface area (Å²) in [6.07, 6.45) is 6.50. The zero-order chi connectivity index (χ0) is 9.31. The van der Waals surface area contributed by atoms with Crippen molar-refractivity contribution in [3.05, 3.63) is 10.5 Å². The summed E-state index contributed by atoms with van der Waals surface area (Å²) in [7, 11) is 0. The van der Waals surface area contributed by atoms with E-state index in [1.54, 1.807) is 6.20 Å². The molecule has 1 aromatic rings. The van der Waals surface area contributed by atoms with E-state index in [2.05, 4.69) is 16.6 Å².